The van der Waals surface area contributed by atoms with Crippen LogP contribution in [0.5, 0.6) is 0 Å². The second kappa shape index (κ2) is 7.70. The largest absolute Gasteiger partial charge is 0.383 e. The zero-order chi connectivity index (χ0) is 13.5. The molecule has 0 aliphatic carbocycles. The first-order valence-electron chi connectivity index (χ1n) is 6.30. The Morgan fingerprint density at radius 2 is 2.21 bits per heavy atom. The van der Waals surface area contributed by atoms with E-state index in [0.29, 0.717) is 0 Å². The number of hydrogen-bond acceptors (Lipinski definition) is 4. The molecule has 2 rings (SSSR count). The molecule has 0 fully saturated rings. The number of ether oxygens (including phenoxy) is 1. The van der Waals surface area contributed by atoms with Crippen LogP contribution >= 0.6 is 23.1 Å². The van der Waals surface area contributed by atoms with Gasteiger partial charge in [-0.1, -0.05) is 23.9 Å². The van der Waals surface area contributed by atoms with Gasteiger partial charge in [0.1, 0.15) is 0 Å². The van der Waals surface area contributed by atoms with Crippen LogP contribution in [-0.4, -0.2) is 20.3 Å². The smallest absolute Gasteiger partial charge is 0.0646 e. The predicted molar refractivity (Wildman–Crippen MR) is 83.2 cm³/mol. The van der Waals surface area contributed by atoms with E-state index in [2.05, 4.69) is 48.0 Å². The standard InChI is InChI=1S/C15H19NOS2/c1-12-10-14(19-15-4-3-9-18-15)6-5-13(12)11-16-7-8-17-2/h3-6,9-10,16H,7-8,11H2,1-2H3. The summed E-state index contributed by atoms with van der Waals surface area (Å²) in [7, 11) is 1.73. The molecule has 0 saturated carbocycles. The van der Waals surface area contributed by atoms with Crippen molar-refractivity contribution in [3.63, 3.8) is 0 Å². The van der Waals surface area contributed by atoms with Crippen molar-refractivity contribution in [3.8, 4) is 0 Å². The van der Waals surface area contributed by atoms with Gasteiger partial charge in [0.25, 0.3) is 0 Å². The van der Waals surface area contributed by atoms with Crippen LogP contribution in [0.15, 0.2) is 44.8 Å². The van der Waals surface area contributed by atoms with Crippen LogP contribution in [0, 0.1) is 6.92 Å². The molecule has 4 heteroatoms. The maximum atomic E-state index is 5.02. The highest BCUT2D eigenvalue weighted by molar-refractivity contribution is 8.01. The molecule has 2 aromatic rings. The number of methoxy groups -OCH3 is 1. The Kier molecular flexibility index (Phi) is 5.92. The summed E-state index contributed by atoms with van der Waals surface area (Å²) >= 11 is 3.61. The summed E-state index contributed by atoms with van der Waals surface area (Å²) in [5, 5.41) is 5.49. The lowest BCUT2D eigenvalue weighted by molar-refractivity contribution is 0.199. The van der Waals surface area contributed by atoms with Gasteiger partial charge in [-0.2, -0.15) is 0 Å². The normalized spacial score (nSPS) is 10.8. The van der Waals surface area contributed by atoms with E-state index in [1.54, 1.807) is 18.4 Å². The fraction of sp³-hybridized carbons (Fsp3) is 0.333. The number of benzene rings is 1. The number of rotatable bonds is 7. The van der Waals surface area contributed by atoms with E-state index in [1.165, 1.54) is 20.2 Å². The molecule has 1 aromatic heterocycles. The maximum Gasteiger partial charge on any atom is 0.0646 e. The SMILES string of the molecule is COCCNCc1ccc(Sc2cccs2)cc1C. The van der Waals surface area contributed by atoms with Crippen molar-refractivity contribution in [2.24, 2.45) is 0 Å². The lowest BCUT2D eigenvalue weighted by Crippen LogP contribution is -2.19. The fourth-order valence-corrected chi connectivity index (χ4v) is 3.61. The van der Waals surface area contributed by atoms with Gasteiger partial charge in [-0.3, -0.25) is 0 Å². The van der Waals surface area contributed by atoms with Gasteiger partial charge < -0.3 is 10.1 Å². The van der Waals surface area contributed by atoms with Gasteiger partial charge in [-0.15, -0.1) is 11.3 Å². The van der Waals surface area contributed by atoms with E-state index in [1.807, 2.05) is 11.8 Å². The summed E-state index contributed by atoms with van der Waals surface area (Å²) in [5.41, 5.74) is 2.69. The molecule has 0 bridgehead atoms. The van der Waals surface area contributed by atoms with Crippen molar-refractivity contribution in [1.29, 1.82) is 0 Å². The van der Waals surface area contributed by atoms with Crippen LogP contribution in [0.25, 0.3) is 0 Å². The summed E-state index contributed by atoms with van der Waals surface area (Å²) in [6, 6.07) is 10.9. The Morgan fingerprint density at radius 1 is 1.32 bits per heavy atom. The van der Waals surface area contributed by atoms with Crippen LogP contribution < -0.4 is 5.32 Å². The quantitative estimate of drug-likeness (QED) is 0.781. The molecule has 0 atom stereocenters. The minimum absolute atomic E-state index is 0.755. The molecular formula is C15H19NOS2. The van der Waals surface area contributed by atoms with Crippen molar-refractivity contribution >= 4 is 23.1 Å². The Labute approximate surface area is 123 Å². The van der Waals surface area contributed by atoms with Crippen molar-refractivity contribution in [3.05, 3.63) is 46.8 Å². The highest BCUT2D eigenvalue weighted by Gasteiger charge is 2.02. The first-order chi connectivity index (χ1) is 9.29. The lowest BCUT2D eigenvalue weighted by Gasteiger charge is -2.09. The summed E-state index contributed by atoms with van der Waals surface area (Å²) < 4.78 is 6.36. The maximum absolute atomic E-state index is 5.02. The molecule has 19 heavy (non-hydrogen) atoms. The first kappa shape index (κ1) is 14.6. The highest BCUT2D eigenvalue weighted by Crippen LogP contribution is 2.32. The summed E-state index contributed by atoms with van der Waals surface area (Å²) in [4.78, 5) is 1.31. The topological polar surface area (TPSA) is 21.3 Å². The average Bonchev–Trinajstić information content (AvgIpc) is 2.90. The van der Waals surface area contributed by atoms with E-state index in [9.17, 15) is 0 Å². The molecule has 0 aliphatic heterocycles. The monoisotopic (exact) mass is 293 g/mol. The molecule has 0 spiro atoms. The van der Waals surface area contributed by atoms with Gasteiger partial charge in [-0.05, 0) is 41.6 Å². The molecule has 0 aliphatic rings. The lowest BCUT2D eigenvalue weighted by atomic mass is 10.1. The van der Waals surface area contributed by atoms with Crippen LogP contribution in [0.3, 0.4) is 0 Å². The van der Waals surface area contributed by atoms with Gasteiger partial charge in [0.15, 0.2) is 0 Å². The van der Waals surface area contributed by atoms with Crippen LogP contribution in [0.1, 0.15) is 11.1 Å². The van der Waals surface area contributed by atoms with Gasteiger partial charge in [0.2, 0.25) is 0 Å². The summed E-state index contributed by atoms with van der Waals surface area (Å²) in [6.45, 7) is 4.72. The molecule has 2 nitrogen and oxygen atoms in total. The summed E-state index contributed by atoms with van der Waals surface area (Å²) in [5.74, 6) is 0. The van der Waals surface area contributed by atoms with Crippen molar-refractivity contribution in [1.82, 2.24) is 5.32 Å². The predicted octanol–water partition coefficient (Wildman–Crippen LogP) is 3.94. The molecule has 0 saturated heterocycles. The highest BCUT2D eigenvalue weighted by atomic mass is 32.2. The zero-order valence-corrected chi connectivity index (χ0v) is 12.9. The third-order valence-electron chi connectivity index (χ3n) is 2.83. The van der Waals surface area contributed by atoms with Gasteiger partial charge in [-0.25, -0.2) is 0 Å². The Morgan fingerprint density at radius 3 is 2.89 bits per heavy atom. The zero-order valence-electron chi connectivity index (χ0n) is 11.3. The van der Waals surface area contributed by atoms with E-state index in [4.69, 9.17) is 4.74 Å². The van der Waals surface area contributed by atoms with Crippen LogP contribution in [-0.2, 0) is 11.3 Å². The Balaban J connectivity index is 1.93. The van der Waals surface area contributed by atoms with Crippen molar-refractivity contribution < 1.29 is 4.74 Å². The van der Waals surface area contributed by atoms with Crippen molar-refractivity contribution in [2.45, 2.75) is 22.6 Å². The van der Waals surface area contributed by atoms with Crippen LogP contribution in [0.2, 0.25) is 0 Å². The van der Waals surface area contributed by atoms with Crippen LogP contribution in [0.4, 0.5) is 0 Å². The molecule has 0 amide bonds. The molecule has 0 unspecified atom stereocenters. The minimum atomic E-state index is 0.755. The molecule has 1 heterocycles. The van der Waals surface area contributed by atoms with Gasteiger partial charge in [0, 0.05) is 25.1 Å². The molecular weight excluding hydrogens is 274 g/mol. The average molecular weight is 293 g/mol. The van der Waals surface area contributed by atoms with E-state index in [0.717, 1.165) is 19.7 Å². The number of hydrogen-bond donors (Lipinski definition) is 1. The second-order valence-corrected chi connectivity index (χ2v) is 6.61. The third kappa shape index (κ3) is 4.66. The minimum Gasteiger partial charge on any atom is -0.383 e. The van der Waals surface area contributed by atoms with Crippen molar-refractivity contribution in [2.75, 3.05) is 20.3 Å². The molecule has 102 valence electrons. The molecule has 0 radical (unpaired) electrons. The molecule has 1 N–H and O–H groups in total. The number of nitrogens with one attached hydrogen (secondary N) is 1. The summed E-state index contributed by atoms with van der Waals surface area (Å²) in [6.07, 6.45) is 0. The number of aryl methyl sites for hydroxylation is 1. The number of thiophene rings is 1. The van der Waals surface area contributed by atoms with E-state index in [-0.39, 0.29) is 0 Å². The van der Waals surface area contributed by atoms with E-state index < -0.39 is 0 Å². The molecule has 1 aromatic carbocycles. The Bertz CT molecular complexity index is 497. The van der Waals surface area contributed by atoms with Gasteiger partial charge >= 0.3 is 0 Å². The Hall–Kier alpha value is -0.810. The first-order valence-corrected chi connectivity index (χ1v) is 8.00. The third-order valence-corrected chi connectivity index (χ3v) is 4.85. The second-order valence-electron chi connectivity index (χ2n) is 4.29. The van der Waals surface area contributed by atoms with E-state index >= 15 is 0 Å². The fourth-order valence-electron chi connectivity index (χ4n) is 1.77. The van der Waals surface area contributed by atoms with Gasteiger partial charge in [0.05, 0.1) is 10.8 Å².